The van der Waals surface area contributed by atoms with Crippen LogP contribution in [0.3, 0.4) is 0 Å². The zero-order valence-corrected chi connectivity index (χ0v) is 9.83. The summed E-state index contributed by atoms with van der Waals surface area (Å²) in [5, 5.41) is 0. The summed E-state index contributed by atoms with van der Waals surface area (Å²) in [6.45, 7) is 5.69. The molecular formula is C12H22O3. The molecule has 0 aliphatic carbocycles. The lowest BCUT2D eigenvalue weighted by atomic mass is 10.00. The highest BCUT2D eigenvalue weighted by atomic mass is 16.6. The third kappa shape index (κ3) is 4.65. The van der Waals surface area contributed by atoms with Crippen LogP contribution < -0.4 is 0 Å². The molecule has 3 heteroatoms. The fraction of sp³-hybridized carbons (Fsp3) is 0.917. The number of hydrogen-bond donors (Lipinski definition) is 0. The smallest absolute Gasteiger partial charge is 0.306 e. The fourth-order valence-electron chi connectivity index (χ4n) is 1.84. The van der Waals surface area contributed by atoms with Gasteiger partial charge in [0.15, 0.2) is 0 Å². The molecule has 1 aliphatic rings. The standard InChI is InChI=1S/C12H22O3/c1-3-10(4-2)9-12(13)15-11-5-7-14-8-6-11/h10-11H,3-9H2,1-2H3. The van der Waals surface area contributed by atoms with Gasteiger partial charge in [0.25, 0.3) is 0 Å². The summed E-state index contributed by atoms with van der Waals surface area (Å²) in [6, 6.07) is 0. The molecule has 15 heavy (non-hydrogen) atoms. The summed E-state index contributed by atoms with van der Waals surface area (Å²) in [5.41, 5.74) is 0. The molecule has 1 saturated heterocycles. The molecule has 3 nitrogen and oxygen atoms in total. The third-order valence-corrected chi connectivity index (χ3v) is 3.08. The second-order valence-corrected chi connectivity index (χ2v) is 4.19. The van der Waals surface area contributed by atoms with Gasteiger partial charge in [-0.15, -0.1) is 0 Å². The third-order valence-electron chi connectivity index (χ3n) is 3.08. The van der Waals surface area contributed by atoms with Gasteiger partial charge in [0.05, 0.1) is 13.2 Å². The Morgan fingerprint density at radius 2 is 1.93 bits per heavy atom. The number of ether oxygens (including phenoxy) is 2. The molecule has 0 aromatic heterocycles. The van der Waals surface area contributed by atoms with E-state index in [2.05, 4.69) is 13.8 Å². The number of carbonyl (C=O) groups is 1. The van der Waals surface area contributed by atoms with Gasteiger partial charge in [-0.3, -0.25) is 4.79 Å². The largest absolute Gasteiger partial charge is 0.462 e. The van der Waals surface area contributed by atoms with Crippen LogP contribution >= 0.6 is 0 Å². The molecule has 1 rings (SSSR count). The van der Waals surface area contributed by atoms with Gasteiger partial charge < -0.3 is 9.47 Å². The first kappa shape index (κ1) is 12.5. The van der Waals surface area contributed by atoms with Gasteiger partial charge in [-0.1, -0.05) is 26.7 Å². The molecule has 1 aliphatic heterocycles. The van der Waals surface area contributed by atoms with Crippen LogP contribution in [0, 0.1) is 5.92 Å². The topological polar surface area (TPSA) is 35.5 Å². The second kappa shape index (κ2) is 6.83. The minimum absolute atomic E-state index is 0.0319. The molecule has 0 saturated carbocycles. The van der Waals surface area contributed by atoms with Crippen LogP contribution in [0.15, 0.2) is 0 Å². The molecule has 0 N–H and O–H groups in total. The van der Waals surface area contributed by atoms with E-state index >= 15 is 0 Å². The van der Waals surface area contributed by atoms with Crippen LogP contribution in [0.1, 0.15) is 46.0 Å². The van der Waals surface area contributed by atoms with E-state index in [0.717, 1.165) is 38.9 Å². The van der Waals surface area contributed by atoms with Crippen LogP contribution in [-0.4, -0.2) is 25.3 Å². The zero-order valence-electron chi connectivity index (χ0n) is 9.83. The van der Waals surface area contributed by atoms with Crippen molar-refractivity contribution in [1.82, 2.24) is 0 Å². The summed E-state index contributed by atoms with van der Waals surface area (Å²) in [5.74, 6) is 0.452. The van der Waals surface area contributed by atoms with Crippen molar-refractivity contribution in [3.05, 3.63) is 0 Å². The molecule has 88 valence electrons. The molecular weight excluding hydrogens is 192 g/mol. The lowest BCUT2D eigenvalue weighted by Crippen LogP contribution is -2.26. The highest BCUT2D eigenvalue weighted by Crippen LogP contribution is 2.16. The van der Waals surface area contributed by atoms with E-state index in [1.807, 2.05) is 0 Å². The van der Waals surface area contributed by atoms with Gasteiger partial charge in [-0.25, -0.2) is 0 Å². The molecule has 0 amide bonds. The van der Waals surface area contributed by atoms with Crippen LogP contribution in [0.2, 0.25) is 0 Å². The Kier molecular flexibility index (Phi) is 5.69. The first-order valence-corrected chi connectivity index (χ1v) is 6.03. The van der Waals surface area contributed by atoms with E-state index in [4.69, 9.17) is 9.47 Å². The van der Waals surface area contributed by atoms with Gasteiger partial charge in [0.1, 0.15) is 6.10 Å². The summed E-state index contributed by atoms with van der Waals surface area (Å²) < 4.78 is 10.6. The number of hydrogen-bond acceptors (Lipinski definition) is 3. The van der Waals surface area contributed by atoms with Crippen molar-refractivity contribution >= 4 is 5.97 Å². The minimum atomic E-state index is -0.0319. The van der Waals surface area contributed by atoms with Crippen molar-refractivity contribution in [3.8, 4) is 0 Å². The molecule has 0 spiro atoms. The Morgan fingerprint density at radius 1 is 1.33 bits per heavy atom. The number of rotatable bonds is 5. The van der Waals surface area contributed by atoms with E-state index in [1.54, 1.807) is 0 Å². The van der Waals surface area contributed by atoms with Crippen molar-refractivity contribution in [2.45, 2.75) is 52.1 Å². The van der Waals surface area contributed by atoms with E-state index in [9.17, 15) is 4.79 Å². The van der Waals surface area contributed by atoms with Crippen LogP contribution in [0.25, 0.3) is 0 Å². The monoisotopic (exact) mass is 214 g/mol. The molecule has 0 aromatic carbocycles. The van der Waals surface area contributed by atoms with Gasteiger partial charge >= 0.3 is 5.97 Å². The van der Waals surface area contributed by atoms with Crippen LogP contribution in [0.5, 0.6) is 0 Å². The quantitative estimate of drug-likeness (QED) is 0.660. The van der Waals surface area contributed by atoms with Crippen molar-refractivity contribution in [3.63, 3.8) is 0 Å². The Labute approximate surface area is 92.1 Å². The average molecular weight is 214 g/mol. The van der Waals surface area contributed by atoms with Crippen LogP contribution in [0.4, 0.5) is 0 Å². The summed E-state index contributed by atoms with van der Waals surface area (Å²) in [6.07, 6.45) is 4.49. The van der Waals surface area contributed by atoms with Crippen molar-refractivity contribution in [2.24, 2.45) is 5.92 Å². The molecule has 0 radical (unpaired) electrons. The summed E-state index contributed by atoms with van der Waals surface area (Å²) in [7, 11) is 0. The Hall–Kier alpha value is -0.570. The average Bonchev–Trinajstić information content (AvgIpc) is 2.27. The molecule has 0 aromatic rings. The van der Waals surface area contributed by atoms with Gasteiger partial charge in [-0.05, 0) is 5.92 Å². The Morgan fingerprint density at radius 3 is 2.47 bits per heavy atom. The van der Waals surface area contributed by atoms with Gasteiger partial charge in [0, 0.05) is 19.3 Å². The minimum Gasteiger partial charge on any atom is -0.462 e. The maximum absolute atomic E-state index is 11.6. The SMILES string of the molecule is CCC(CC)CC(=O)OC1CCOCC1. The van der Waals surface area contributed by atoms with E-state index in [-0.39, 0.29) is 12.1 Å². The second-order valence-electron chi connectivity index (χ2n) is 4.19. The first-order chi connectivity index (χ1) is 7.26. The number of esters is 1. The molecule has 0 bridgehead atoms. The molecule has 1 heterocycles. The highest BCUT2D eigenvalue weighted by molar-refractivity contribution is 5.69. The Balaban J connectivity index is 2.21. The summed E-state index contributed by atoms with van der Waals surface area (Å²) >= 11 is 0. The lowest BCUT2D eigenvalue weighted by Gasteiger charge is -2.23. The van der Waals surface area contributed by atoms with Crippen molar-refractivity contribution in [1.29, 1.82) is 0 Å². The number of carbonyl (C=O) groups excluding carboxylic acids is 1. The predicted molar refractivity (Wildman–Crippen MR) is 58.6 cm³/mol. The molecule has 0 atom stereocenters. The molecule has 0 unspecified atom stereocenters. The highest BCUT2D eigenvalue weighted by Gasteiger charge is 2.19. The summed E-state index contributed by atoms with van der Waals surface area (Å²) in [4.78, 5) is 11.6. The molecule has 1 fully saturated rings. The predicted octanol–water partition coefficient (Wildman–Crippen LogP) is 2.53. The van der Waals surface area contributed by atoms with Gasteiger partial charge in [0.2, 0.25) is 0 Å². The Bertz CT molecular complexity index is 181. The van der Waals surface area contributed by atoms with Crippen molar-refractivity contribution < 1.29 is 14.3 Å². The fourth-order valence-corrected chi connectivity index (χ4v) is 1.84. The maximum Gasteiger partial charge on any atom is 0.306 e. The van der Waals surface area contributed by atoms with E-state index < -0.39 is 0 Å². The maximum atomic E-state index is 11.6. The normalized spacial score (nSPS) is 18.1. The van der Waals surface area contributed by atoms with Crippen molar-refractivity contribution in [2.75, 3.05) is 13.2 Å². The van der Waals surface area contributed by atoms with E-state index in [1.165, 1.54) is 0 Å². The first-order valence-electron chi connectivity index (χ1n) is 6.03. The van der Waals surface area contributed by atoms with Crippen LogP contribution in [-0.2, 0) is 14.3 Å². The zero-order chi connectivity index (χ0) is 11.1. The lowest BCUT2D eigenvalue weighted by molar-refractivity contribution is -0.154. The van der Waals surface area contributed by atoms with E-state index in [0.29, 0.717) is 12.3 Å². The van der Waals surface area contributed by atoms with Gasteiger partial charge in [-0.2, -0.15) is 0 Å².